The number of aromatic nitrogens is 3. The Morgan fingerprint density at radius 2 is 1.89 bits per heavy atom. The number of nitrogens with one attached hydrogen (secondary N) is 2. The van der Waals surface area contributed by atoms with Gasteiger partial charge in [-0.25, -0.2) is 4.99 Å². The Kier molecular flexibility index (Phi) is 7.36. The number of aliphatic hydroxyl groups is 1. The van der Waals surface area contributed by atoms with E-state index in [1.165, 1.54) is 5.56 Å². The summed E-state index contributed by atoms with van der Waals surface area (Å²) in [6.45, 7) is 12.9. The van der Waals surface area contributed by atoms with Gasteiger partial charge in [-0.3, -0.25) is 0 Å². The zero-order valence-electron chi connectivity index (χ0n) is 17.0. The minimum absolute atomic E-state index is 0.103. The Labute approximate surface area is 161 Å². The van der Waals surface area contributed by atoms with E-state index < -0.39 is 6.10 Å². The minimum atomic E-state index is -0.609. The second-order valence-electron chi connectivity index (χ2n) is 7.50. The van der Waals surface area contributed by atoms with E-state index in [0.29, 0.717) is 19.0 Å². The fourth-order valence-electron chi connectivity index (χ4n) is 2.67. The number of hydrogen-bond donors (Lipinski definition) is 3. The molecule has 1 aromatic heterocycles. The Hall–Kier alpha value is -2.41. The molecular weight excluding hydrogens is 340 g/mol. The predicted octanol–water partition coefficient (Wildman–Crippen LogP) is 2.38. The molecule has 1 unspecified atom stereocenters. The van der Waals surface area contributed by atoms with Crippen LogP contribution in [0.1, 0.15) is 57.7 Å². The van der Waals surface area contributed by atoms with Gasteiger partial charge in [-0.15, -0.1) is 10.2 Å². The predicted molar refractivity (Wildman–Crippen MR) is 109 cm³/mol. The van der Waals surface area contributed by atoms with Crippen LogP contribution in [0.2, 0.25) is 0 Å². The number of aliphatic hydroxyl groups excluding tert-OH is 1. The average Bonchev–Trinajstić information content (AvgIpc) is 3.10. The summed E-state index contributed by atoms with van der Waals surface area (Å²) in [5.41, 5.74) is 2.24. The Balaban J connectivity index is 1.97. The zero-order chi connectivity index (χ0) is 19.9. The van der Waals surface area contributed by atoms with E-state index in [4.69, 9.17) is 0 Å². The van der Waals surface area contributed by atoms with E-state index >= 15 is 0 Å². The summed E-state index contributed by atoms with van der Waals surface area (Å²) in [4.78, 5) is 4.54. The first-order valence-electron chi connectivity index (χ1n) is 9.52. The Morgan fingerprint density at radius 1 is 1.19 bits per heavy atom. The van der Waals surface area contributed by atoms with Gasteiger partial charge in [0.15, 0.2) is 11.8 Å². The van der Waals surface area contributed by atoms with Gasteiger partial charge in [0.25, 0.3) is 0 Å². The van der Waals surface area contributed by atoms with Crippen molar-refractivity contribution in [3.63, 3.8) is 0 Å². The third kappa shape index (κ3) is 6.06. The number of guanidine groups is 1. The fourth-order valence-corrected chi connectivity index (χ4v) is 2.67. The minimum Gasteiger partial charge on any atom is -0.387 e. The van der Waals surface area contributed by atoms with Crippen molar-refractivity contribution in [3.8, 4) is 0 Å². The van der Waals surface area contributed by atoms with Crippen LogP contribution < -0.4 is 10.6 Å². The van der Waals surface area contributed by atoms with Gasteiger partial charge in [-0.2, -0.15) is 0 Å². The number of hydrogen-bond acceptors (Lipinski definition) is 4. The van der Waals surface area contributed by atoms with Crippen LogP contribution >= 0.6 is 0 Å². The van der Waals surface area contributed by atoms with Gasteiger partial charge in [-0.05, 0) is 30.4 Å². The smallest absolute Gasteiger partial charge is 0.191 e. The lowest BCUT2D eigenvalue weighted by Crippen LogP contribution is -2.39. The van der Waals surface area contributed by atoms with Crippen molar-refractivity contribution in [1.82, 2.24) is 25.4 Å². The van der Waals surface area contributed by atoms with Gasteiger partial charge in [-0.1, -0.05) is 45.0 Å². The number of benzene rings is 1. The first-order chi connectivity index (χ1) is 12.8. The van der Waals surface area contributed by atoms with Crippen LogP contribution in [-0.4, -0.2) is 38.9 Å². The van der Waals surface area contributed by atoms with Crippen molar-refractivity contribution in [2.45, 2.75) is 59.2 Å². The molecule has 0 aliphatic heterocycles. The highest BCUT2D eigenvalue weighted by atomic mass is 16.3. The van der Waals surface area contributed by atoms with E-state index in [9.17, 15) is 5.11 Å². The van der Waals surface area contributed by atoms with Crippen molar-refractivity contribution in [2.75, 3.05) is 13.1 Å². The highest BCUT2D eigenvalue weighted by molar-refractivity contribution is 5.79. The van der Waals surface area contributed by atoms with E-state index in [0.717, 1.165) is 24.5 Å². The van der Waals surface area contributed by atoms with Crippen molar-refractivity contribution < 1.29 is 5.11 Å². The molecule has 0 bridgehead atoms. The van der Waals surface area contributed by atoms with Crippen LogP contribution in [0.5, 0.6) is 0 Å². The molecule has 0 amide bonds. The summed E-state index contributed by atoms with van der Waals surface area (Å²) in [6.07, 6.45) is 1.10. The average molecular weight is 373 g/mol. The van der Waals surface area contributed by atoms with Gasteiger partial charge in [0.2, 0.25) is 0 Å². The molecule has 0 aliphatic carbocycles. The summed E-state index contributed by atoms with van der Waals surface area (Å²) in [5.74, 6) is 1.46. The number of aryl methyl sites for hydroxylation is 1. The zero-order valence-corrected chi connectivity index (χ0v) is 17.0. The molecule has 2 aromatic rings. The molecule has 148 valence electrons. The topological polar surface area (TPSA) is 87.4 Å². The molecule has 0 saturated carbocycles. The number of rotatable bonds is 7. The van der Waals surface area contributed by atoms with Crippen molar-refractivity contribution in [2.24, 2.45) is 4.99 Å². The summed E-state index contributed by atoms with van der Waals surface area (Å²) in [5, 5.41) is 24.9. The first-order valence-corrected chi connectivity index (χ1v) is 9.52. The molecule has 7 heteroatoms. The maximum Gasteiger partial charge on any atom is 0.191 e. The van der Waals surface area contributed by atoms with Gasteiger partial charge in [0.1, 0.15) is 12.9 Å². The Bertz CT molecular complexity index is 730. The fraction of sp³-hybridized carbons (Fsp3) is 0.550. The third-order valence-electron chi connectivity index (χ3n) is 4.38. The maximum atomic E-state index is 10.5. The van der Waals surface area contributed by atoms with Crippen LogP contribution in [0.25, 0.3) is 0 Å². The van der Waals surface area contributed by atoms with E-state index in [1.54, 1.807) is 6.33 Å². The molecule has 2 rings (SSSR count). The van der Waals surface area contributed by atoms with Crippen molar-refractivity contribution in [1.29, 1.82) is 0 Å². The van der Waals surface area contributed by atoms with Gasteiger partial charge < -0.3 is 20.3 Å². The normalized spacial score (nSPS) is 13.5. The lowest BCUT2D eigenvalue weighted by Gasteiger charge is -2.20. The van der Waals surface area contributed by atoms with Crippen LogP contribution in [0, 0.1) is 0 Å². The van der Waals surface area contributed by atoms with E-state index in [2.05, 4.69) is 58.7 Å². The molecule has 1 aromatic carbocycles. The van der Waals surface area contributed by atoms with E-state index in [-0.39, 0.29) is 5.41 Å². The quantitative estimate of drug-likeness (QED) is 0.513. The summed E-state index contributed by atoms with van der Waals surface area (Å²) < 4.78 is 1.96. The molecule has 1 atom stereocenters. The Morgan fingerprint density at radius 3 is 2.48 bits per heavy atom. The molecule has 0 fully saturated rings. The van der Waals surface area contributed by atoms with Crippen LogP contribution in [0.3, 0.4) is 0 Å². The molecule has 3 N–H and O–H groups in total. The molecule has 0 radical (unpaired) electrons. The molecule has 27 heavy (non-hydrogen) atoms. The summed E-state index contributed by atoms with van der Waals surface area (Å²) in [6, 6.07) is 8.13. The van der Waals surface area contributed by atoms with Crippen LogP contribution in [-0.2, 0) is 18.5 Å². The maximum absolute atomic E-state index is 10.5. The molecule has 1 heterocycles. The second-order valence-corrected chi connectivity index (χ2v) is 7.50. The number of aliphatic imine (C=N–C) groups is 1. The highest BCUT2D eigenvalue weighted by Gasteiger charge is 2.15. The van der Waals surface area contributed by atoms with Crippen molar-refractivity contribution >= 4 is 5.96 Å². The number of nitrogens with zero attached hydrogens (tertiary/aromatic N) is 4. The lowest BCUT2D eigenvalue weighted by atomic mass is 9.86. The molecule has 0 spiro atoms. The third-order valence-corrected chi connectivity index (χ3v) is 4.38. The first kappa shape index (κ1) is 20.9. The van der Waals surface area contributed by atoms with E-state index in [1.807, 2.05) is 30.5 Å². The molecule has 7 nitrogen and oxygen atoms in total. The van der Waals surface area contributed by atoms with Crippen LogP contribution in [0.15, 0.2) is 35.6 Å². The summed E-state index contributed by atoms with van der Waals surface area (Å²) >= 11 is 0. The standard InChI is InChI=1S/C20H32N6O/c1-6-21-19(23-13-18-25-24-14-26(18)7-2)22-12-17(27)15-8-10-16(11-9-15)20(3,4)5/h8-11,14,17,27H,6-7,12-13H2,1-5H3,(H2,21,22,23). The lowest BCUT2D eigenvalue weighted by molar-refractivity contribution is 0.181. The second kappa shape index (κ2) is 9.50. The molecule has 0 aliphatic rings. The monoisotopic (exact) mass is 372 g/mol. The SMILES string of the molecule is CCNC(=NCc1nncn1CC)NCC(O)c1ccc(C(C)(C)C)cc1. The van der Waals surface area contributed by atoms with Gasteiger partial charge in [0, 0.05) is 19.6 Å². The highest BCUT2D eigenvalue weighted by Crippen LogP contribution is 2.23. The largest absolute Gasteiger partial charge is 0.387 e. The van der Waals surface area contributed by atoms with Crippen LogP contribution in [0.4, 0.5) is 0 Å². The van der Waals surface area contributed by atoms with Gasteiger partial charge in [0.05, 0.1) is 6.10 Å². The molecule has 0 saturated heterocycles. The van der Waals surface area contributed by atoms with Gasteiger partial charge >= 0.3 is 0 Å². The molecular formula is C20H32N6O. The summed E-state index contributed by atoms with van der Waals surface area (Å²) in [7, 11) is 0. The van der Waals surface area contributed by atoms with Crippen molar-refractivity contribution in [3.05, 3.63) is 47.5 Å².